The van der Waals surface area contributed by atoms with E-state index in [-0.39, 0.29) is 0 Å². The van der Waals surface area contributed by atoms with E-state index in [2.05, 4.69) is 42.0 Å². The largest absolute Gasteiger partial charge is 0.368 e. The first-order chi connectivity index (χ1) is 3.71. The lowest BCUT2D eigenvalue weighted by atomic mass is 10.7. The summed E-state index contributed by atoms with van der Waals surface area (Å²) in [6, 6.07) is 0. The summed E-state index contributed by atoms with van der Waals surface area (Å²) in [7, 11) is -1.78. The SMILES string of the molecule is CS1(C)(C)(C)CC=CN1. The zero-order chi connectivity index (χ0) is 7.24. The Balaban J connectivity index is 3.01. The van der Waals surface area contributed by atoms with Gasteiger partial charge in [-0.1, -0.05) is 6.08 Å². The molecule has 1 aliphatic rings. The van der Waals surface area contributed by atoms with Crippen molar-refractivity contribution < 1.29 is 0 Å². The van der Waals surface area contributed by atoms with Crippen molar-refractivity contribution in [2.45, 2.75) is 0 Å². The van der Waals surface area contributed by atoms with Gasteiger partial charge in [-0.2, -0.15) is 0 Å². The van der Waals surface area contributed by atoms with Crippen LogP contribution in [0.1, 0.15) is 0 Å². The molecular weight excluding hydrogens is 130 g/mol. The predicted molar refractivity (Wildman–Crippen MR) is 48.4 cm³/mol. The van der Waals surface area contributed by atoms with Gasteiger partial charge in [0.05, 0.1) is 0 Å². The molecule has 0 spiro atoms. The minimum Gasteiger partial charge on any atom is -0.368 e. The molecule has 0 fully saturated rings. The minimum atomic E-state index is -1.78. The molecule has 0 amide bonds. The van der Waals surface area contributed by atoms with Gasteiger partial charge in [-0.05, 0) is 30.8 Å². The molecule has 0 unspecified atom stereocenters. The van der Waals surface area contributed by atoms with Gasteiger partial charge in [0, 0.05) is 6.20 Å². The molecule has 0 aromatic carbocycles. The number of nitrogens with one attached hydrogen (secondary N) is 1. The van der Waals surface area contributed by atoms with E-state index in [9.17, 15) is 0 Å². The minimum absolute atomic E-state index is 1.21. The van der Waals surface area contributed by atoms with Gasteiger partial charge in [-0.25, -0.2) is 8.48 Å². The molecular formula is C7H17NS. The van der Waals surface area contributed by atoms with Crippen LogP contribution in [-0.2, 0) is 0 Å². The highest BCUT2D eigenvalue weighted by atomic mass is 32.4. The van der Waals surface area contributed by atoms with E-state index in [4.69, 9.17) is 0 Å². The van der Waals surface area contributed by atoms with Crippen molar-refractivity contribution in [2.75, 3.05) is 30.8 Å². The Morgan fingerprint density at radius 1 is 1.22 bits per heavy atom. The summed E-state index contributed by atoms with van der Waals surface area (Å²) >= 11 is 0. The average molecular weight is 147 g/mol. The molecule has 1 heterocycles. The van der Waals surface area contributed by atoms with Crippen molar-refractivity contribution >= 4 is 8.48 Å². The molecule has 0 aromatic rings. The third kappa shape index (κ3) is 1.65. The van der Waals surface area contributed by atoms with Crippen LogP contribution in [0.15, 0.2) is 12.3 Å². The Morgan fingerprint density at radius 3 is 1.89 bits per heavy atom. The van der Waals surface area contributed by atoms with Crippen LogP contribution in [0.25, 0.3) is 0 Å². The van der Waals surface area contributed by atoms with Gasteiger partial charge in [0.2, 0.25) is 0 Å². The topological polar surface area (TPSA) is 12.0 Å². The molecule has 1 N–H and O–H groups in total. The maximum Gasteiger partial charge on any atom is 0.000884 e. The standard InChI is InChI=1S/C7H17NS/c1-9(2,3,4)7-5-6-8-9/h5-6,8H,7H2,1-4H3. The van der Waals surface area contributed by atoms with E-state index in [1.165, 1.54) is 5.75 Å². The van der Waals surface area contributed by atoms with Gasteiger partial charge in [-0.15, -0.1) is 0 Å². The van der Waals surface area contributed by atoms with E-state index >= 15 is 0 Å². The Morgan fingerprint density at radius 2 is 1.78 bits per heavy atom. The molecule has 0 bridgehead atoms. The highest BCUT2D eigenvalue weighted by molar-refractivity contribution is 8.61. The Bertz CT molecular complexity index is 156. The second-order valence-corrected chi connectivity index (χ2v) is 15.0. The third-order valence-corrected chi connectivity index (χ3v) is 4.52. The van der Waals surface area contributed by atoms with Crippen molar-refractivity contribution in [3.8, 4) is 0 Å². The zero-order valence-corrected chi connectivity index (χ0v) is 7.59. The van der Waals surface area contributed by atoms with Crippen LogP contribution < -0.4 is 4.72 Å². The summed E-state index contributed by atoms with van der Waals surface area (Å²) in [6.45, 7) is 0. The fraction of sp³-hybridized carbons (Fsp3) is 0.714. The lowest BCUT2D eigenvalue weighted by Gasteiger charge is -2.67. The fourth-order valence-electron chi connectivity index (χ4n) is 0.898. The Kier molecular flexibility index (Phi) is 0.817. The molecule has 0 aromatic heterocycles. The van der Waals surface area contributed by atoms with Crippen LogP contribution in [-0.4, -0.2) is 30.8 Å². The van der Waals surface area contributed by atoms with E-state index < -0.39 is 8.48 Å². The van der Waals surface area contributed by atoms with E-state index in [1.807, 2.05) is 0 Å². The first-order valence-electron chi connectivity index (χ1n) is 3.16. The van der Waals surface area contributed by atoms with Gasteiger partial charge < -0.3 is 4.72 Å². The molecule has 56 valence electrons. The van der Waals surface area contributed by atoms with E-state index in [1.54, 1.807) is 0 Å². The third-order valence-electron chi connectivity index (χ3n) is 1.59. The summed E-state index contributed by atoms with van der Waals surface area (Å²) in [6.07, 6.45) is 13.7. The summed E-state index contributed by atoms with van der Waals surface area (Å²) in [5.41, 5.74) is 0. The van der Waals surface area contributed by atoms with E-state index in [0.717, 1.165) is 0 Å². The van der Waals surface area contributed by atoms with Crippen molar-refractivity contribution in [3.63, 3.8) is 0 Å². The molecule has 2 heteroatoms. The molecule has 9 heavy (non-hydrogen) atoms. The average Bonchev–Trinajstić information content (AvgIpc) is 1.77. The first kappa shape index (κ1) is 7.00. The normalized spacial score (nSPS) is 41.3. The van der Waals surface area contributed by atoms with Crippen LogP contribution >= 0.6 is 8.48 Å². The molecule has 0 radical (unpaired) electrons. The van der Waals surface area contributed by atoms with Gasteiger partial charge in [0.1, 0.15) is 0 Å². The van der Waals surface area contributed by atoms with Crippen molar-refractivity contribution in [1.29, 1.82) is 0 Å². The van der Waals surface area contributed by atoms with Crippen LogP contribution in [0.4, 0.5) is 0 Å². The van der Waals surface area contributed by atoms with Crippen LogP contribution in [0.2, 0.25) is 0 Å². The van der Waals surface area contributed by atoms with Crippen molar-refractivity contribution in [3.05, 3.63) is 12.3 Å². The zero-order valence-electron chi connectivity index (χ0n) is 6.77. The fourth-order valence-corrected chi connectivity index (χ4v) is 2.69. The van der Waals surface area contributed by atoms with Crippen molar-refractivity contribution in [1.82, 2.24) is 4.72 Å². The maximum atomic E-state index is 3.49. The molecule has 0 saturated carbocycles. The summed E-state index contributed by atoms with van der Waals surface area (Å²) in [5.74, 6) is 1.21. The van der Waals surface area contributed by atoms with Gasteiger partial charge in [0.25, 0.3) is 0 Å². The maximum absolute atomic E-state index is 3.49. The number of hydrogen-bond acceptors (Lipinski definition) is 1. The molecule has 0 aliphatic carbocycles. The van der Waals surface area contributed by atoms with Crippen LogP contribution in [0.3, 0.4) is 0 Å². The lowest BCUT2D eigenvalue weighted by molar-refractivity contribution is 1.34. The number of rotatable bonds is 0. The molecule has 1 nitrogen and oxygen atoms in total. The second-order valence-electron chi connectivity index (χ2n) is 5.25. The van der Waals surface area contributed by atoms with Crippen LogP contribution in [0.5, 0.6) is 0 Å². The summed E-state index contributed by atoms with van der Waals surface area (Å²) in [4.78, 5) is 0. The van der Waals surface area contributed by atoms with Gasteiger partial charge in [0.15, 0.2) is 0 Å². The quantitative estimate of drug-likeness (QED) is 0.546. The number of hydrogen-bond donors (Lipinski definition) is 1. The summed E-state index contributed by atoms with van der Waals surface area (Å²) in [5, 5.41) is 0. The molecule has 0 saturated heterocycles. The molecule has 1 rings (SSSR count). The predicted octanol–water partition coefficient (Wildman–Crippen LogP) is 1.41. The van der Waals surface area contributed by atoms with E-state index in [0.29, 0.717) is 0 Å². The monoisotopic (exact) mass is 147 g/mol. The highest BCUT2D eigenvalue weighted by Gasteiger charge is 2.41. The Hall–Kier alpha value is -0.110. The van der Waals surface area contributed by atoms with Gasteiger partial charge >= 0.3 is 0 Å². The second kappa shape index (κ2) is 1.05. The first-order valence-corrected chi connectivity index (χ1v) is 7.41. The van der Waals surface area contributed by atoms with Crippen LogP contribution in [0, 0.1) is 0 Å². The summed E-state index contributed by atoms with van der Waals surface area (Å²) < 4.78 is 3.49. The smallest absolute Gasteiger partial charge is 0.000884 e. The van der Waals surface area contributed by atoms with Gasteiger partial charge in [-0.3, -0.25) is 0 Å². The molecule has 1 aliphatic heterocycles. The lowest BCUT2D eigenvalue weighted by Crippen LogP contribution is -2.41. The highest BCUT2D eigenvalue weighted by Crippen LogP contribution is 2.76. The van der Waals surface area contributed by atoms with Crippen molar-refractivity contribution in [2.24, 2.45) is 0 Å². The molecule has 0 atom stereocenters. The Labute approximate surface area is 56.9 Å².